The lowest BCUT2D eigenvalue weighted by Crippen LogP contribution is -2.40. The van der Waals surface area contributed by atoms with Crippen LogP contribution in [0.25, 0.3) is 11.6 Å². The molecule has 2 heterocycles. The molecule has 7 heteroatoms. The van der Waals surface area contributed by atoms with Crippen LogP contribution in [-0.2, 0) is 11.3 Å². The van der Waals surface area contributed by atoms with Crippen molar-refractivity contribution in [2.45, 2.75) is 56.3 Å². The number of benzene rings is 1. The zero-order valence-corrected chi connectivity index (χ0v) is 18.3. The largest absolute Gasteiger partial charge is 0.461 e. The number of carbonyl (C=O) groups excluding carboxylic acids is 1. The summed E-state index contributed by atoms with van der Waals surface area (Å²) in [5, 5.41) is 9.28. The van der Waals surface area contributed by atoms with E-state index in [9.17, 15) is 4.79 Å². The minimum atomic E-state index is 0.147. The van der Waals surface area contributed by atoms with E-state index in [1.165, 1.54) is 17.3 Å². The summed E-state index contributed by atoms with van der Waals surface area (Å²) >= 11 is 1.44. The summed E-state index contributed by atoms with van der Waals surface area (Å²) in [6.07, 6.45) is 6.01. The molecule has 3 aromatic rings. The van der Waals surface area contributed by atoms with Crippen LogP contribution >= 0.6 is 11.8 Å². The van der Waals surface area contributed by atoms with Gasteiger partial charge < -0.3 is 9.32 Å². The monoisotopic (exact) mass is 424 g/mol. The van der Waals surface area contributed by atoms with E-state index in [0.717, 1.165) is 37.4 Å². The molecule has 1 saturated carbocycles. The fraction of sp³-hybridized carbons (Fsp3) is 0.435. The second-order valence-corrected chi connectivity index (χ2v) is 8.68. The van der Waals surface area contributed by atoms with Crippen molar-refractivity contribution in [3.05, 3.63) is 54.3 Å². The summed E-state index contributed by atoms with van der Waals surface area (Å²) in [4.78, 5) is 14.8. The van der Waals surface area contributed by atoms with Gasteiger partial charge in [-0.05, 0) is 56.2 Å². The molecule has 0 saturated heterocycles. The molecule has 0 spiro atoms. The Morgan fingerprint density at radius 3 is 2.57 bits per heavy atom. The first-order chi connectivity index (χ1) is 14.7. The number of carbonyl (C=O) groups is 1. The summed E-state index contributed by atoms with van der Waals surface area (Å²) in [7, 11) is 1.94. The van der Waals surface area contributed by atoms with E-state index >= 15 is 0 Å². The van der Waals surface area contributed by atoms with Gasteiger partial charge in [-0.15, -0.1) is 10.2 Å². The lowest BCUT2D eigenvalue weighted by molar-refractivity contribution is -0.129. The van der Waals surface area contributed by atoms with Crippen molar-refractivity contribution in [1.29, 1.82) is 0 Å². The third-order valence-electron chi connectivity index (χ3n) is 6.01. The molecule has 0 atom stereocenters. The van der Waals surface area contributed by atoms with Crippen LogP contribution < -0.4 is 0 Å². The van der Waals surface area contributed by atoms with E-state index in [4.69, 9.17) is 4.42 Å². The summed E-state index contributed by atoms with van der Waals surface area (Å²) in [6.45, 7) is 2.76. The van der Waals surface area contributed by atoms with E-state index < -0.39 is 0 Å². The number of nitrogens with zero attached hydrogens (tertiary/aromatic N) is 4. The SMILES string of the molecule is CCn1c(SCC(=O)N(C)C2CCC(c3ccccc3)CC2)nnc1-c1ccco1. The summed E-state index contributed by atoms with van der Waals surface area (Å²) < 4.78 is 7.44. The average molecular weight is 425 g/mol. The lowest BCUT2D eigenvalue weighted by Gasteiger charge is -2.35. The van der Waals surface area contributed by atoms with Crippen LogP contribution in [0.5, 0.6) is 0 Å². The van der Waals surface area contributed by atoms with Crippen molar-refractivity contribution in [2.24, 2.45) is 0 Å². The van der Waals surface area contributed by atoms with Gasteiger partial charge in [-0.2, -0.15) is 0 Å². The van der Waals surface area contributed by atoms with Gasteiger partial charge in [0.05, 0.1) is 12.0 Å². The van der Waals surface area contributed by atoms with Gasteiger partial charge in [0.1, 0.15) is 0 Å². The quantitative estimate of drug-likeness (QED) is 0.508. The number of hydrogen-bond acceptors (Lipinski definition) is 5. The van der Waals surface area contributed by atoms with Gasteiger partial charge in [0, 0.05) is 19.6 Å². The molecular weight excluding hydrogens is 396 g/mol. The molecule has 1 aliphatic rings. The number of amides is 1. The highest BCUT2D eigenvalue weighted by Gasteiger charge is 2.27. The highest BCUT2D eigenvalue weighted by atomic mass is 32.2. The molecule has 0 aliphatic heterocycles. The first kappa shape index (κ1) is 20.7. The van der Waals surface area contributed by atoms with Crippen LogP contribution in [-0.4, -0.2) is 44.4 Å². The number of furan rings is 1. The zero-order chi connectivity index (χ0) is 20.9. The van der Waals surface area contributed by atoms with E-state index in [-0.39, 0.29) is 5.91 Å². The molecule has 0 bridgehead atoms. The summed E-state index contributed by atoms with van der Waals surface area (Å²) in [5.41, 5.74) is 1.42. The lowest BCUT2D eigenvalue weighted by atomic mass is 9.81. The Labute approximate surface area is 181 Å². The molecule has 4 rings (SSSR count). The second-order valence-electron chi connectivity index (χ2n) is 7.74. The van der Waals surface area contributed by atoms with E-state index in [0.29, 0.717) is 29.3 Å². The molecular formula is C23H28N4O2S. The molecule has 1 amide bonds. The Bertz CT molecular complexity index is 947. The highest BCUT2D eigenvalue weighted by Crippen LogP contribution is 2.34. The zero-order valence-electron chi connectivity index (χ0n) is 17.5. The third-order valence-corrected chi connectivity index (χ3v) is 6.96. The molecule has 1 aromatic carbocycles. The predicted molar refractivity (Wildman–Crippen MR) is 118 cm³/mol. The van der Waals surface area contributed by atoms with Gasteiger partial charge in [0.2, 0.25) is 5.91 Å². The Kier molecular flexibility index (Phi) is 6.57. The molecule has 2 aromatic heterocycles. The van der Waals surface area contributed by atoms with Crippen molar-refractivity contribution in [2.75, 3.05) is 12.8 Å². The standard InChI is InChI=1S/C23H28N4O2S/c1-3-27-22(20-10-7-15-29-20)24-25-23(27)30-16-21(28)26(2)19-13-11-18(12-14-19)17-8-5-4-6-9-17/h4-10,15,18-19H,3,11-14,16H2,1-2H3. The minimum absolute atomic E-state index is 0.147. The molecule has 0 radical (unpaired) electrons. The van der Waals surface area contributed by atoms with Gasteiger partial charge in [-0.25, -0.2) is 0 Å². The number of hydrogen-bond donors (Lipinski definition) is 0. The number of rotatable bonds is 7. The Balaban J connectivity index is 1.32. The van der Waals surface area contributed by atoms with E-state index in [2.05, 4.69) is 40.5 Å². The van der Waals surface area contributed by atoms with E-state index in [1.54, 1.807) is 6.26 Å². The van der Waals surface area contributed by atoms with Crippen molar-refractivity contribution < 1.29 is 9.21 Å². The molecule has 158 valence electrons. The third kappa shape index (κ3) is 4.46. The number of thioether (sulfide) groups is 1. The van der Waals surface area contributed by atoms with E-state index in [1.807, 2.05) is 35.6 Å². The van der Waals surface area contributed by atoms with Crippen LogP contribution in [0.15, 0.2) is 58.3 Å². The van der Waals surface area contributed by atoms with Gasteiger partial charge in [-0.1, -0.05) is 42.1 Å². The van der Waals surface area contributed by atoms with Crippen LogP contribution in [0, 0.1) is 0 Å². The van der Waals surface area contributed by atoms with Crippen molar-refractivity contribution in [1.82, 2.24) is 19.7 Å². The van der Waals surface area contributed by atoms with Crippen LogP contribution in [0.1, 0.15) is 44.1 Å². The normalized spacial score (nSPS) is 19.0. The Morgan fingerprint density at radius 1 is 1.13 bits per heavy atom. The summed E-state index contributed by atoms with van der Waals surface area (Å²) in [6, 6.07) is 14.8. The van der Waals surface area contributed by atoms with Crippen LogP contribution in [0.3, 0.4) is 0 Å². The maximum atomic E-state index is 12.8. The van der Waals surface area contributed by atoms with Crippen molar-refractivity contribution in [3.8, 4) is 11.6 Å². The topological polar surface area (TPSA) is 64.2 Å². The van der Waals surface area contributed by atoms with Crippen molar-refractivity contribution >= 4 is 17.7 Å². The fourth-order valence-electron chi connectivity index (χ4n) is 4.22. The van der Waals surface area contributed by atoms with Crippen LogP contribution in [0.4, 0.5) is 0 Å². The van der Waals surface area contributed by atoms with Gasteiger partial charge in [0.25, 0.3) is 0 Å². The predicted octanol–water partition coefficient (Wildman–Crippen LogP) is 4.83. The maximum absolute atomic E-state index is 12.8. The second kappa shape index (κ2) is 9.51. The Morgan fingerprint density at radius 2 is 1.90 bits per heavy atom. The molecule has 30 heavy (non-hydrogen) atoms. The molecule has 1 aliphatic carbocycles. The average Bonchev–Trinajstić information content (AvgIpc) is 3.47. The smallest absolute Gasteiger partial charge is 0.233 e. The van der Waals surface area contributed by atoms with Crippen molar-refractivity contribution in [3.63, 3.8) is 0 Å². The number of aromatic nitrogens is 3. The molecule has 0 N–H and O–H groups in total. The maximum Gasteiger partial charge on any atom is 0.233 e. The molecule has 0 unspecified atom stereocenters. The summed E-state index contributed by atoms with van der Waals surface area (Å²) in [5.74, 6) is 2.52. The molecule has 6 nitrogen and oxygen atoms in total. The van der Waals surface area contributed by atoms with Gasteiger partial charge in [0.15, 0.2) is 16.7 Å². The molecule has 1 fully saturated rings. The first-order valence-electron chi connectivity index (χ1n) is 10.6. The van der Waals surface area contributed by atoms with Gasteiger partial charge >= 0.3 is 0 Å². The highest BCUT2D eigenvalue weighted by molar-refractivity contribution is 7.99. The minimum Gasteiger partial charge on any atom is -0.461 e. The Hall–Kier alpha value is -2.54. The first-order valence-corrected chi connectivity index (χ1v) is 11.6. The fourth-order valence-corrected chi connectivity index (χ4v) is 5.15. The van der Waals surface area contributed by atoms with Gasteiger partial charge in [-0.3, -0.25) is 9.36 Å². The van der Waals surface area contributed by atoms with Crippen LogP contribution in [0.2, 0.25) is 0 Å².